The third-order valence-corrected chi connectivity index (χ3v) is 18.2. The first kappa shape index (κ1) is 41.9. The van der Waals surface area contributed by atoms with E-state index in [-0.39, 0.29) is 0 Å². The van der Waals surface area contributed by atoms with Gasteiger partial charge in [-0.05, 0) is 144 Å². The van der Waals surface area contributed by atoms with Crippen LogP contribution in [-0.4, -0.2) is 9.13 Å². The maximum atomic E-state index is 6.37. The van der Waals surface area contributed by atoms with Crippen LogP contribution in [0.1, 0.15) is 0 Å². The van der Waals surface area contributed by atoms with Gasteiger partial charge in [-0.3, -0.25) is 0 Å². The van der Waals surface area contributed by atoms with Crippen LogP contribution in [0.2, 0.25) is 0 Å². The average Bonchev–Trinajstić information content (AvgIpc) is 4.43. The molecule has 0 fully saturated rings. The van der Waals surface area contributed by atoms with Gasteiger partial charge in [0.15, 0.2) is 0 Å². The Morgan fingerprint density at radius 1 is 0.228 bits per heavy atom. The van der Waals surface area contributed by atoms with Gasteiger partial charge in [-0.25, -0.2) is 0 Å². The van der Waals surface area contributed by atoms with Gasteiger partial charge in [-0.1, -0.05) is 109 Å². The van der Waals surface area contributed by atoms with Crippen molar-refractivity contribution >= 4 is 163 Å². The molecule has 7 heteroatoms. The summed E-state index contributed by atoms with van der Waals surface area (Å²) in [7, 11) is 0. The van der Waals surface area contributed by atoms with Gasteiger partial charge in [0.25, 0.3) is 0 Å². The molecule has 7 aromatic heterocycles. The average molecular weight is 1030 g/mol. The zero-order chi connectivity index (χ0) is 51.2. The molecular weight excluding hydrogens is 989 g/mol. The Morgan fingerprint density at radius 2 is 0.532 bits per heavy atom. The predicted molar refractivity (Wildman–Crippen MR) is 328 cm³/mol. The molecule has 0 amide bonds. The van der Waals surface area contributed by atoms with Gasteiger partial charge in [0.05, 0.1) is 22.1 Å². The molecule has 0 spiro atoms. The van der Waals surface area contributed by atoms with Gasteiger partial charge in [0.1, 0.15) is 44.7 Å². The third kappa shape index (κ3) is 5.73. The van der Waals surface area contributed by atoms with Crippen LogP contribution < -0.4 is 0 Å². The van der Waals surface area contributed by atoms with E-state index in [9.17, 15) is 0 Å². The largest absolute Gasteiger partial charge is 0.456 e. The van der Waals surface area contributed by atoms with E-state index < -0.39 is 0 Å². The molecule has 19 rings (SSSR count). The van der Waals surface area contributed by atoms with Gasteiger partial charge >= 0.3 is 0 Å². The molecule has 0 saturated carbocycles. The van der Waals surface area contributed by atoms with Crippen LogP contribution in [-0.2, 0) is 0 Å². The summed E-state index contributed by atoms with van der Waals surface area (Å²) in [5.41, 5.74) is 18.4. The van der Waals surface area contributed by atoms with E-state index in [4.69, 9.17) is 17.7 Å². The fourth-order valence-electron chi connectivity index (χ4n) is 13.3. The maximum Gasteiger partial charge on any atom is 0.135 e. The molecule has 0 N–H and O–H groups in total. The lowest BCUT2D eigenvalue weighted by Crippen LogP contribution is -1.93. The number of thiophene rings is 1. The Labute approximate surface area is 451 Å². The fourth-order valence-corrected chi connectivity index (χ4v) is 14.7. The van der Waals surface area contributed by atoms with Crippen LogP contribution in [0.4, 0.5) is 0 Å². The summed E-state index contributed by atoms with van der Waals surface area (Å²) in [5, 5.41) is 16.2. The van der Waals surface area contributed by atoms with Crippen LogP contribution in [0, 0.1) is 0 Å². The lowest BCUT2D eigenvalue weighted by atomic mass is 9.99. The maximum absolute atomic E-state index is 6.37. The van der Waals surface area contributed by atoms with E-state index in [0.717, 1.165) is 143 Å². The zero-order valence-electron chi connectivity index (χ0n) is 41.9. The first-order valence-corrected chi connectivity index (χ1v) is 27.5. The van der Waals surface area contributed by atoms with Crippen molar-refractivity contribution in [1.29, 1.82) is 0 Å². The summed E-state index contributed by atoms with van der Waals surface area (Å²) in [4.78, 5) is 0. The standard InChI is InChI=1S/C72H38N2O4S/c1-5-13-61-45(9-1)51-33-41(19-29-65(51)75-61)39-17-25-57-55(35-39)69-59(73(57)43-21-31-67-53(37-43)47-11-3-7-15-63(47)77-67)27-23-49-50-24-28-60-70(72(50)79-71(49)69)56-36-40(42-20-30-66-52(34-42)46-10-2-6-14-62(46)76-66)18-26-58(56)74(60)44-22-32-68-54(38-44)48-12-4-8-16-64(48)78-68/h1-38H. The summed E-state index contributed by atoms with van der Waals surface area (Å²) in [6.07, 6.45) is 0. The highest BCUT2D eigenvalue weighted by Crippen LogP contribution is 2.50. The van der Waals surface area contributed by atoms with E-state index >= 15 is 0 Å². The van der Waals surface area contributed by atoms with Crippen molar-refractivity contribution in [3.63, 3.8) is 0 Å². The second kappa shape index (κ2) is 15.2. The van der Waals surface area contributed by atoms with Crippen molar-refractivity contribution < 1.29 is 17.7 Å². The monoisotopic (exact) mass is 1030 g/mol. The SMILES string of the molecule is c1ccc2c(c1)oc1ccc(-c3ccc4c(c3)c3c5sc6c(ccc7c6c6cc(-c8ccc9oc%10ccccc%10c9c8)ccc6n7-c6ccc7oc8ccccc8c7c6)c5ccc3n4-c3ccc4oc5ccccc5c4c3)cc12. The van der Waals surface area contributed by atoms with Crippen LogP contribution >= 0.6 is 11.3 Å². The second-order valence-corrected chi connectivity index (χ2v) is 22.1. The lowest BCUT2D eigenvalue weighted by molar-refractivity contribution is 0.668. The van der Waals surface area contributed by atoms with Gasteiger partial charge in [0, 0.05) is 96.2 Å². The minimum Gasteiger partial charge on any atom is -0.456 e. The number of fused-ring (bicyclic) bond motifs is 23. The molecule has 0 aliphatic rings. The van der Waals surface area contributed by atoms with Crippen molar-refractivity contribution in [2.75, 3.05) is 0 Å². The van der Waals surface area contributed by atoms with E-state index in [2.05, 4.69) is 203 Å². The second-order valence-electron chi connectivity index (χ2n) is 21.1. The van der Waals surface area contributed by atoms with E-state index in [0.29, 0.717) is 0 Å². The minimum atomic E-state index is 0.877. The number of benzene rings is 12. The van der Waals surface area contributed by atoms with Crippen LogP contribution in [0.5, 0.6) is 0 Å². The number of rotatable bonds is 4. The molecule has 0 bridgehead atoms. The molecule has 12 aromatic carbocycles. The van der Waals surface area contributed by atoms with Crippen molar-refractivity contribution in [1.82, 2.24) is 9.13 Å². The molecule has 79 heavy (non-hydrogen) atoms. The highest BCUT2D eigenvalue weighted by molar-refractivity contribution is 7.27. The highest BCUT2D eigenvalue weighted by atomic mass is 32.1. The molecule has 19 aromatic rings. The predicted octanol–water partition coefficient (Wildman–Crippen LogP) is 21.2. The number of hydrogen-bond acceptors (Lipinski definition) is 5. The minimum absolute atomic E-state index is 0.877. The molecule has 0 aliphatic carbocycles. The molecule has 366 valence electrons. The van der Waals surface area contributed by atoms with E-state index in [1.807, 2.05) is 47.7 Å². The summed E-state index contributed by atoms with van der Waals surface area (Å²) in [5.74, 6) is 0. The molecule has 7 heterocycles. The molecular formula is C72H38N2O4S. The Balaban J connectivity index is 0.899. The number of hydrogen-bond donors (Lipinski definition) is 0. The Kier molecular flexibility index (Phi) is 8.05. The summed E-state index contributed by atoms with van der Waals surface area (Å²) in [6.45, 7) is 0. The van der Waals surface area contributed by atoms with Gasteiger partial charge in [-0.2, -0.15) is 0 Å². The first-order chi connectivity index (χ1) is 39.1. The highest BCUT2D eigenvalue weighted by Gasteiger charge is 2.24. The molecule has 6 nitrogen and oxygen atoms in total. The Hall–Kier alpha value is -10.3. The molecule has 0 saturated heterocycles. The normalized spacial score (nSPS) is 12.6. The van der Waals surface area contributed by atoms with Crippen LogP contribution in [0.15, 0.2) is 248 Å². The summed E-state index contributed by atoms with van der Waals surface area (Å²) in [6, 6.07) is 83.2. The first-order valence-electron chi connectivity index (χ1n) is 26.7. The van der Waals surface area contributed by atoms with E-state index in [1.165, 1.54) is 41.7 Å². The van der Waals surface area contributed by atoms with Gasteiger partial charge < -0.3 is 26.8 Å². The number of nitrogens with zero attached hydrogens (tertiary/aromatic N) is 2. The van der Waals surface area contributed by atoms with Crippen molar-refractivity contribution in [3.05, 3.63) is 231 Å². The number of para-hydroxylation sites is 4. The quantitative estimate of drug-likeness (QED) is 0.176. The molecule has 0 atom stereocenters. The van der Waals surface area contributed by atoms with Gasteiger partial charge in [-0.15, -0.1) is 11.3 Å². The number of aromatic nitrogens is 2. The fraction of sp³-hybridized carbons (Fsp3) is 0. The summed E-state index contributed by atoms with van der Waals surface area (Å²) < 4.78 is 32.8. The smallest absolute Gasteiger partial charge is 0.135 e. The summed E-state index contributed by atoms with van der Waals surface area (Å²) >= 11 is 1.91. The van der Waals surface area contributed by atoms with Gasteiger partial charge in [0.2, 0.25) is 0 Å². The Bertz CT molecular complexity index is 5530. The molecule has 0 unspecified atom stereocenters. The van der Waals surface area contributed by atoms with E-state index in [1.54, 1.807) is 0 Å². The van der Waals surface area contributed by atoms with Crippen molar-refractivity contribution in [3.8, 4) is 33.6 Å². The zero-order valence-corrected chi connectivity index (χ0v) is 42.7. The number of furan rings is 4. The van der Waals surface area contributed by atoms with Crippen molar-refractivity contribution in [2.24, 2.45) is 0 Å². The topological polar surface area (TPSA) is 62.4 Å². The Morgan fingerprint density at radius 3 is 0.924 bits per heavy atom. The third-order valence-electron chi connectivity index (χ3n) is 16.9. The van der Waals surface area contributed by atoms with Crippen LogP contribution in [0.3, 0.4) is 0 Å². The van der Waals surface area contributed by atoms with Crippen LogP contribution in [0.25, 0.3) is 185 Å². The molecule has 0 aliphatic heterocycles. The van der Waals surface area contributed by atoms with Crippen molar-refractivity contribution in [2.45, 2.75) is 0 Å². The molecule has 0 radical (unpaired) electrons. The lowest BCUT2D eigenvalue weighted by Gasteiger charge is -2.09.